The summed E-state index contributed by atoms with van der Waals surface area (Å²) in [7, 11) is 3.31. The Balaban J connectivity index is 0.00000343. The van der Waals surface area contributed by atoms with E-state index >= 15 is 0 Å². The van der Waals surface area contributed by atoms with Gasteiger partial charge in [-0.05, 0) is 54.8 Å². The fourth-order valence-electron chi connectivity index (χ4n) is 5.61. The molecule has 8 heteroatoms. The van der Waals surface area contributed by atoms with Crippen molar-refractivity contribution < 1.29 is 35.3 Å². The van der Waals surface area contributed by atoms with Gasteiger partial charge in [0.1, 0.15) is 17.3 Å². The molecule has 0 saturated carbocycles. The van der Waals surface area contributed by atoms with Gasteiger partial charge in [-0.15, -0.1) is 35.7 Å². The Labute approximate surface area is 269 Å². The number of aryl methyl sites for hydroxylation is 1. The first-order valence-corrected chi connectivity index (χ1v) is 13.9. The number of nitrogens with zero attached hydrogens (tertiary/aromatic N) is 4. The normalized spacial score (nSPS) is 11.0. The molecule has 0 unspecified atom stereocenters. The number of pyridine rings is 1. The van der Waals surface area contributed by atoms with Crippen LogP contribution in [0.3, 0.4) is 0 Å². The molecule has 0 aliphatic rings. The summed E-state index contributed by atoms with van der Waals surface area (Å²) in [5.41, 5.74) is 6.84. The summed E-state index contributed by atoms with van der Waals surface area (Å²) < 4.78 is 21.3. The van der Waals surface area contributed by atoms with Crippen molar-refractivity contribution in [1.82, 2.24) is 19.3 Å². The van der Waals surface area contributed by atoms with Crippen molar-refractivity contribution in [3.8, 4) is 45.6 Å². The Hall–Kier alpha value is -4.87. The second-order valence-electron chi connectivity index (χ2n) is 10.2. The number of ether oxygens (including phenoxy) is 3. The number of fused-ring (bicyclic) bond motifs is 3. The smallest absolute Gasteiger partial charge is 0.509 e. The fraction of sp³-hybridized carbons (Fsp3) is 0.111. The molecule has 7 nitrogen and oxygen atoms in total. The molecule has 4 aromatic carbocycles. The van der Waals surface area contributed by atoms with Crippen molar-refractivity contribution >= 4 is 21.8 Å². The first kappa shape index (κ1) is 29.2. The van der Waals surface area contributed by atoms with Crippen molar-refractivity contribution in [2.45, 2.75) is 13.8 Å². The summed E-state index contributed by atoms with van der Waals surface area (Å²) in [6.07, 6.45) is 1.73. The van der Waals surface area contributed by atoms with E-state index in [0.717, 1.165) is 55.8 Å². The Morgan fingerprint density at radius 1 is 0.727 bits per heavy atom. The third-order valence-corrected chi connectivity index (χ3v) is 7.59. The first-order chi connectivity index (χ1) is 21.0. The molecule has 0 aliphatic heterocycles. The van der Waals surface area contributed by atoms with Crippen LogP contribution in [0.4, 0.5) is 0 Å². The second kappa shape index (κ2) is 12.0. The molecule has 3 heterocycles. The third kappa shape index (κ3) is 5.14. The van der Waals surface area contributed by atoms with Gasteiger partial charge in [0, 0.05) is 40.5 Å². The number of hydrogen-bond acceptors (Lipinski definition) is 5. The van der Waals surface area contributed by atoms with Gasteiger partial charge in [-0.2, -0.15) is 17.2 Å². The SMILES string of the molecule is COc1ccnc(-n2c3[c-]c(Oc4[c-]c(-n5nc(C)c(-c6ccccc6)c5C)ccc4)ccc3c3cc(OC)ccc32)c1.[Pt+2]. The van der Waals surface area contributed by atoms with E-state index in [2.05, 4.69) is 40.7 Å². The van der Waals surface area contributed by atoms with Gasteiger partial charge in [0.2, 0.25) is 0 Å². The van der Waals surface area contributed by atoms with E-state index in [1.54, 1.807) is 20.4 Å². The van der Waals surface area contributed by atoms with Gasteiger partial charge in [0.05, 0.1) is 19.9 Å². The van der Waals surface area contributed by atoms with Gasteiger partial charge in [-0.25, -0.2) is 4.98 Å². The summed E-state index contributed by atoms with van der Waals surface area (Å²) >= 11 is 0. The van der Waals surface area contributed by atoms with E-state index in [-0.39, 0.29) is 21.1 Å². The molecular weight excluding hydrogens is 731 g/mol. The van der Waals surface area contributed by atoms with Gasteiger partial charge < -0.3 is 18.8 Å². The van der Waals surface area contributed by atoms with Crippen LogP contribution in [0.15, 0.2) is 97.2 Å². The number of hydrogen-bond donors (Lipinski definition) is 0. The third-order valence-electron chi connectivity index (χ3n) is 7.59. The summed E-state index contributed by atoms with van der Waals surface area (Å²) in [5, 5.41) is 6.86. The van der Waals surface area contributed by atoms with Crippen LogP contribution in [0.1, 0.15) is 11.4 Å². The van der Waals surface area contributed by atoms with E-state index in [9.17, 15) is 0 Å². The van der Waals surface area contributed by atoms with Crippen LogP contribution < -0.4 is 14.2 Å². The van der Waals surface area contributed by atoms with E-state index in [1.807, 2.05) is 90.5 Å². The molecule has 7 aromatic rings. The minimum atomic E-state index is 0. The van der Waals surface area contributed by atoms with Crippen LogP contribution in [0.2, 0.25) is 0 Å². The topological polar surface area (TPSA) is 63.3 Å². The van der Waals surface area contributed by atoms with Gasteiger partial charge in [0.15, 0.2) is 0 Å². The molecule has 0 bridgehead atoms. The summed E-state index contributed by atoms with van der Waals surface area (Å²) in [6.45, 7) is 4.11. The Kier molecular flexibility index (Phi) is 7.98. The maximum Gasteiger partial charge on any atom is 2.00 e. The second-order valence-corrected chi connectivity index (χ2v) is 10.2. The first-order valence-electron chi connectivity index (χ1n) is 13.9. The summed E-state index contributed by atoms with van der Waals surface area (Å²) in [4.78, 5) is 4.65. The average molecular weight is 760 g/mol. The van der Waals surface area contributed by atoms with Gasteiger partial charge in [-0.3, -0.25) is 4.68 Å². The van der Waals surface area contributed by atoms with Crippen molar-refractivity contribution in [1.29, 1.82) is 0 Å². The van der Waals surface area contributed by atoms with Crippen molar-refractivity contribution in [2.75, 3.05) is 14.2 Å². The van der Waals surface area contributed by atoms with Gasteiger partial charge in [-0.1, -0.05) is 35.8 Å². The van der Waals surface area contributed by atoms with E-state index in [1.165, 1.54) is 0 Å². The van der Waals surface area contributed by atoms with Crippen molar-refractivity contribution in [2.24, 2.45) is 0 Å². The molecule has 0 aliphatic carbocycles. The van der Waals surface area contributed by atoms with Crippen molar-refractivity contribution in [3.63, 3.8) is 0 Å². The molecule has 0 saturated heterocycles. The Morgan fingerprint density at radius 2 is 1.50 bits per heavy atom. The molecule has 7 rings (SSSR count). The molecular formula is C36H28N4O3Pt. The molecule has 3 aromatic heterocycles. The predicted octanol–water partition coefficient (Wildman–Crippen LogP) is 8.06. The molecule has 0 radical (unpaired) electrons. The van der Waals surface area contributed by atoms with E-state index < -0.39 is 0 Å². The zero-order chi connectivity index (χ0) is 29.5. The van der Waals surface area contributed by atoms with Gasteiger partial charge in [0.25, 0.3) is 0 Å². The van der Waals surface area contributed by atoms with Crippen LogP contribution in [0, 0.1) is 26.0 Å². The monoisotopic (exact) mass is 759 g/mol. The molecule has 0 atom stereocenters. The van der Waals surface area contributed by atoms with E-state index in [4.69, 9.17) is 19.3 Å². The zero-order valence-electron chi connectivity index (χ0n) is 24.6. The number of rotatable bonds is 7. The Bertz CT molecular complexity index is 2120. The van der Waals surface area contributed by atoms with Crippen LogP contribution in [0.5, 0.6) is 23.0 Å². The molecule has 0 fully saturated rings. The maximum atomic E-state index is 6.35. The fourth-order valence-corrected chi connectivity index (χ4v) is 5.61. The molecule has 220 valence electrons. The number of methoxy groups -OCH3 is 2. The minimum Gasteiger partial charge on any atom is -0.509 e. The average Bonchev–Trinajstić information content (AvgIpc) is 3.53. The van der Waals surface area contributed by atoms with Crippen molar-refractivity contribution in [3.05, 3.63) is 121 Å². The standard InChI is InChI=1S/C36H28N4O3.Pt/c1-23-36(25-9-6-5-7-10-25)24(2)40(38-23)26-11-8-12-29(19-26)43-30-13-15-31-32-20-27(41-3)14-16-33(32)39(34(31)21-30)35-22-28(42-4)17-18-37-35;/h5-18,20,22H,1-4H3;/q-2;+2. The zero-order valence-corrected chi connectivity index (χ0v) is 26.8. The molecule has 0 spiro atoms. The van der Waals surface area contributed by atoms with Crippen LogP contribution in [0.25, 0.3) is 44.4 Å². The number of aromatic nitrogens is 4. The molecule has 44 heavy (non-hydrogen) atoms. The van der Waals surface area contributed by atoms with Crippen LogP contribution in [-0.4, -0.2) is 33.6 Å². The minimum absolute atomic E-state index is 0. The van der Waals surface area contributed by atoms with Crippen LogP contribution in [-0.2, 0) is 21.1 Å². The summed E-state index contributed by atoms with van der Waals surface area (Å²) in [5.74, 6) is 3.32. The van der Waals surface area contributed by atoms with Gasteiger partial charge >= 0.3 is 21.1 Å². The quantitative estimate of drug-likeness (QED) is 0.154. The Morgan fingerprint density at radius 3 is 2.30 bits per heavy atom. The largest absolute Gasteiger partial charge is 2.00 e. The predicted molar refractivity (Wildman–Crippen MR) is 168 cm³/mol. The number of benzene rings is 4. The summed E-state index contributed by atoms with van der Waals surface area (Å²) in [6, 6.07) is 36.7. The van der Waals surface area contributed by atoms with E-state index in [0.29, 0.717) is 23.1 Å². The molecule has 0 amide bonds. The maximum absolute atomic E-state index is 6.35. The van der Waals surface area contributed by atoms with Crippen LogP contribution >= 0.6 is 0 Å². The molecule has 0 N–H and O–H groups in total.